The summed E-state index contributed by atoms with van der Waals surface area (Å²) in [5.74, 6) is 0.912. The molecule has 0 saturated carbocycles. The van der Waals surface area contributed by atoms with Gasteiger partial charge >= 0.3 is 0 Å². The lowest BCUT2D eigenvalue weighted by Gasteiger charge is -2.01. The molecule has 1 fully saturated rings. The number of rotatable bonds is 0. The molecule has 0 aromatic rings. The van der Waals surface area contributed by atoms with Crippen LogP contribution in [0.1, 0.15) is 26.2 Å². The van der Waals surface area contributed by atoms with Gasteiger partial charge in [-0.15, -0.1) is 0 Å². The molecule has 0 spiro atoms. The Kier molecular flexibility index (Phi) is 3.06. The zero-order valence-electron chi connectivity index (χ0n) is 5.63. The van der Waals surface area contributed by atoms with E-state index in [1.807, 2.05) is 0 Å². The SMILES string of the molecule is CC1CCCCS(=O)S1. The summed E-state index contributed by atoms with van der Waals surface area (Å²) in [6, 6.07) is 0. The van der Waals surface area contributed by atoms with Crippen LogP contribution in [0.3, 0.4) is 0 Å². The minimum atomic E-state index is -0.571. The van der Waals surface area contributed by atoms with Crippen molar-refractivity contribution in [3.05, 3.63) is 0 Å². The summed E-state index contributed by atoms with van der Waals surface area (Å²) in [5, 5.41) is 0.619. The van der Waals surface area contributed by atoms with E-state index in [1.54, 1.807) is 10.8 Å². The zero-order chi connectivity index (χ0) is 6.69. The van der Waals surface area contributed by atoms with Gasteiger partial charge in [-0.2, -0.15) is 0 Å². The van der Waals surface area contributed by atoms with E-state index in [4.69, 9.17) is 0 Å². The summed E-state index contributed by atoms with van der Waals surface area (Å²) in [5.41, 5.74) is 0. The van der Waals surface area contributed by atoms with Crippen LogP contribution in [-0.4, -0.2) is 15.2 Å². The van der Waals surface area contributed by atoms with Crippen LogP contribution in [0.2, 0.25) is 0 Å². The van der Waals surface area contributed by atoms with Crippen LogP contribution in [-0.2, 0) is 9.83 Å². The lowest BCUT2D eigenvalue weighted by Crippen LogP contribution is -1.93. The summed E-state index contributed by atoms with van der Waals surface area (Å²) in [6.45, 7) is 2.16. The third kappa shape index (κ3) is 2.72. The molecule has 0 N–H and O–H groups in total. The standard InChI is InChI=1S/C6H12OS2/c1-6-4-2-3-5-9(7)8-6/h6H,2-5H2,1H3. The maximum Gasteiger partial charge on any atom is 0.0806 e. The number of hydrogen-bond acceptors (Lipinski definition) is 2. The molecule has 1 nitrogen and oxygen atoms in total. The summed E-state index contributed by atoms with van der Waals surface area (Å²) in [6.07, 6.45) is 3.67. The van der Waals surface area contributed by atoms with Gasteiger partial charge < -0.3 is 0 Å². The molecule has 1 rings (SSSR count). The smallest absolute Gasteiger partial charge is 0.0806 e. The Labute approximate surface area is 62.5 Å². The van der Waals surface area contributed by atoms with Gasteiger partial charge in [-0.25, -0.2) is 4.21 Å². The van der Waals surface area contributed by atoms with E-state index >= 15 is 0 Å². The highest BCUT2D eigenvalue weighted by atomic mass is 33.1. The zero-order valence-corrected chi connectivity index (χ0v) is 7.26. The van der Waals surface area contributed by atoms with Gasteiger partial charge in [0.2, 0.25) is 0 Å². The van der Waals surface area contributed by atoms with Crippen molar-refractivity contribution in [1.29, 1.82) is 0 Å². The van der Waals surface area contributed by atoms with E-state index in [0.29, 0.717) is 5.25 Å². The Bertz CT molecular complexity index is 114. The molecule has 1 saturated heterocycles. The summed E-state index contributed by atoms with van der Waals surface area (Å²) in [4.78, 5) is 0. The third-order valence-corrected chi connectivity index (χ3v) is 4.97. The normalized spacial score (nSPS) is 37.9. The fourth-order valence-electron chi connectivity index (χ4n) is 0.931. The molecule has 0 aromatic heterocycles. The lowest BCUT2D eigenvalue weighted by atomic mass is 10.2. The van der Waals surface area contributed by atoms with Crippen molar-refractivity contribution in [1.82, 2.24) is 0 Å². The molecule has 0 aromatic carbocycles. The van der Waals surface area contributed by atoms with Crippen LogP contribution in [0.4, 0.5) is 0 Å². The van der Waals surface area contributed by atoms with E-state index in [0.717, 1.165) is 12.2 Å². The minimum Gasteiger partial charge on any atom is -0.248 e. The van der Waals surface area contributed by atoms with Gasteiger partial charge in [0.05, 0.1) is 9.83 Å². The molecular formula is C6H12OS2. The Morgan fingerprint density at radius 1 is 1.56 bits per heavy atom. The first kappa shape index (κ1) is 7.61. The van der Waals surface area contributed by atoms with Crippen LogP contribution < -0.4 is 0 Å². The summed E-state index contributed by atoms with van der Waals surface area (Å²) < 4.78 is 11.0. The maximum atomic E-state index is 11.0. The van der Waals surface area contributed by atoms with Crippen molar-refractivity contribution in [2.75, 3.05) is 5.75 Å². The van der Waals surface area contributed by atoms with Gasteiger partial charge in [0.1, 0.15) is 0 Å². The van der Waals surface area contributed by atoms with Crippen LogP contribution in [0, 0.1) is 0 Å². The van der Waals surface area contributed by atoms with Gasteiger partial charge in [-0.3, -0.25) is 0 Å². The number of hydrogen-bond donors (Lipinski definition) is 0. The Balaban J connectivity index is 2.37. The van der Waals surface area contributed by atoms with E-state index in [9.17, 15) is 4.21 Å². The molecular weight excluding hydrogens is 152 g/mol. The summed E-state index contributed by atoms with van der Waals surface area (Å²) in [7, 11) is 1.06. The van der Waals surface area contributed by atoms with Crippen LogP contribution in [0.25, 0.3) is 0 Å². The molecule has 2 unspecified atom stereocenters. The van der Waals surface area contributed by atoms with Crippen molar-refractivity contribution < 1.29 is 4.21 Å². The minimum absolute atomic E-state index is 0.571. The quantitative estimate of drug-likeness (QED) is 0.509. The van der Waals surface area contributed by atoms with Crippen molar-refractivity contribution in [3.63, 3.8) is 0 Å². The van der Waals surface area contributed by atoms with Gasteiger partial charge in [0, 0.05) is 11.0 Å². The molecule has 0 radical (unpaired) electrons. The van der Waals surface area contributed by atoms with Crippen LogP contribution in [0.15, 0.2) is 0 Å². The van der Waals surface area contributed by atoms with Gasteiger partial charge in [-0.1, -0.05) is 24.1 Å². The first-order chi connectivity index (χ1) is 4.29. The van der Waals surface area contributed by atoms with E-state index in [1.165, 1.54) is 12.8 Å². The Hall–Kier alpha value is 0.500. The molecule has 1 aliphatic heterocycles. The van der Waals surface area contributed by atoms with Crippen molar-refractivity contribution in [3.8, 4) is 0 Å². The van der Waals surface area contributed by atoms with E-state index < -0.39 is 9.83 Å². The molecule has 0 amide bonds. The van der Waals surface area contributed by atoms with Gasteiger partial charge in [0.15, 0.2) is 0 Å². The molecule has 0 aliphatic carbocycles. The van der Waals surface area contributed by atoms with Gasteiger partial charge in [0.25, 0.3) is 0 Å². The molecule has 54 valence electrons. The molecule has 1 heterocycles. The first-order valence-corrected chi connectivity index (χ1v) is 6.06. The second-order valence-electron chi connectivity index (χ2n) is 2.41. The monoisotopic (exact) mass is 164 g/mol. The molecule has 2 atom stereocenters. The lowest BCUT2D eigenvalue weighted by molar-refractivity contribution is 0.684. The predicted octanol–water partition coefficient (Wildman–Crippen LogP) is 1.96. The fourth-order valence-corrected chi connectivity index (χ4v) is 4.13. The maximum absolute atomic E-state index is 11.0. The van der Waals surface area contributed by atoms with Gasteiger partial charge in [-0.05, 0) is 12.8 Å². The van der Waals surface area contributed by atoms with Crippen LogP contribution in [0.5, 0.6) is 0 Å². The van der Waals surface area contributed by atoms with Crippen molar-refractivity contribution in [2.24, 2.45) is 0 Å². The largest absolute Gasteiger partial charge is 0.248 e. The highest BCUT2D eigenvalue weighted by molar-refractivity contribution is 8.69. The van der Waals surface area contributed by atoms with Crippen molar-refractivity contribution >= 4 is 20.6 Å². The van der Waals surface area contributed by atoms with E-state index in [-0.39, 0.29) is 0 Å². The first-order valence-electron chi connectivity index (χ1n) is 3.34. The second kappa shape index (κ2) is 3.62. The molecule has 3 heteroatoms. The highest BCUT2D eigenvalue weighted by Crippen LogP contribution is 2.25. The average Bonchev–Trinajstić information content (AvgIpc) is 1.93. The molecule has 1 aliphatic rings. The second-order valence-corrected chi connectivity index (χ2v) is 6.12. The van der Waals surface area contributed by atoms with Crippen LogP contribution >= 0.6 is 10.8 Å². The Morgan fingerprint density at radius 3 is 3.11 bits per heavy atom. The topological polar surface area (TPSA) is 17.1 Å². The summed E-state index contributed by atoms with van der Waals surface area (Å²) >= 11 is 0. The Morgan fingerprint density at radius 2 is 2.33 bits per heavy atom. The van der Waals surface area contributed by atoms with Crippen molar-refractivity contribution in [2.45, 2.75) is 31.4 Å². The third-order valence-electron chi connectivity index (χ3n) is 1.44. The fraction of sp³-hybridized carbons (Fsp3) is 1.00. The average molecular weight is 164 g/mol. The van der Waals surface area contributed by atoms with E-state index in [2.05, 4.69) is 6.92 Å². The molecule has 0 bridgehead atoms. The highest BCUT2D eigenvalue weighted by Gasteiger charge is 2.12. The molecule has 9 heavy (non-hydrogen) atoms. The predicted molar refractivity (Wildman–Crippen MR) is 43.9 cm³/mol.